The van der Waals surface area contributed by atoms with Gasteiger partial charge in [0.2, 0.25) is 10.0 Å². The van der Waals surface area contributed by atoms with Gasteiger partial charge in [0.05, 0.1) is 4.90 Å². The number of aromatic hydroxyl groups is 3. The topological polar surface area (TPSA) is 127 Å². The molecule has 1 heterocycles. The summed E-state index contributed by atoms with van der Waals surface area (Å²) in [5.41, 5.74) is 1.57. The molecule has 0 bridgehead atoms. The zero-order valence-electron chi connectivity index (χ0n) is 16.2. The highest BCUT2D eigenvalue weighted by molar-refractivity contribution is 7.89. The first-order valence-corrected chi connectivity index (χ1v) is 10.7. The number of aryl methyl sites for hydroxylation is 2. The Labute approximate surface area is 169 Å². The summed E-state index contributed by atoms with van der Waals surface area (Å²) in [5.74, 6) is -2.40. The summed E-state index contributed by atoms with van der Waals surface area (Å²) in [6, 6.07) is 7.20. The Morgan fingerprint density at radius 2 is 1.62 bits per heavy atom. The van der Waals surface area contributed by atoms with E-state index in [4.69, 9.17) is 0 Å². The molecule has 0 unspecified atom stereocenters. The SMILES string of the molecule is Cc1ccc(C)c(S(=O)(=O)N2CCC(NC(=O)c3cc(O)c(O)c(O)c3)CC2)c1. The number of phenols is 3. The van der Waals surface area contributed by atoms with E-state index in [1.807, 2.05) is 13.0 Å². The van der Waals surface area contributed by atoms with Crippen molar-refractivity contribution in [2.24, 2.45) is 0 Å². The van der Waals surface area contributed by atoms with Gasteiger partial charge in [-0.1, -0.05) is 12.1 Å². The van der Waals surface area contributed by atoms with Crippen LogP contribution < -0.4 is 5.32 Å². The van der Waals surface area contributed by atoms with E-state index in [1.165, 1.54) is 4.31 Å². The third-order valence-corrected chi connectivity index (χ3v) is 7.12. The maximum atomic E-state index is 13.0. The van der Waals surface area contributed by atoms with E-state index in [9.17, 15) is 28.5 Å². The van der Waals surface area contributed by atoms with Crippen LogP contribution in [0.5, 0.6) is 17.2 Å². The highest BCUT2D eigenvalue weighted by Crippen LogP contribution is 2.35. The van der Waals surface area contributed by atoms with Crippen molar-refractivity contribution in [2.75, 3.05) is 13.1 Å². The Kier molecular flexibility index (Phi) is 5.72. The van der Waals surface area contributed by atoms with Crippen LogP contribution >= 0.6 is 0 Å². The number of sulfonamides is 1. The second-order valence-electron chi connectivity index (χ2n) is 7.28. The zero-order chi connectivity index (χ0) is 21.3. The predicted octanol–water partition coefficient (Wildman–Crippen LogP) is 2.00. The van der Waals surface area contributed by atoms with Crippen molar-refractivity contribution in [3.63, 3.8) is 0 Å². The highest BCUT2D eigenvalue weighted by atomic mass is 32.2. The summed E-state index contributed by atoms with van der Waals surface area (Å²) in [5, 5.41) is 31.2. The third-order valence-electron chi connectivity index (χ3n) is 5.08. The van der Waals surface area contributed by atoms with E-state index >= 15 is 0 Å². The van der Waals surface area contributed by atoms with E-state index in [1.54, 1.807) is 19.1 Å². The third kappa shape index (κ3) is 4.30. The number of hydrogen-bond donors (Lipinski definition) is 4. The van der Waals surface area contributed by atoms with Crippen molar-refractivity contribution >= 4 is 15.9 Å². The van der Waals surface area contributed by atoms with Crippen LogP contribution in [-0.2, 0) is 10.0 Å². The normalized spacial score (nSPS) is 15.9. The molecule has 0 radical (unpaired) electrons. The molecule has 29 heavy (non-hydrogen) atoms. The molecular weight excluding hydrogens is 396 g/mol. The summed E-state index contributed by atoms with van der Waals surface area (Å²) in [6.07, 6.45) is 0.873. The van der Waals surface area contributed by atoms with E-state index in [0.29, 0.717) is 23.3 Å². The second kappa shape index (κ2) is 7.92. The van der Waals surface area contributed by atoms with Crippen LogP contribution in [0.2, 0.25) is 0 Å². The zero-order valence-corrected chi connectivity index (χ0v) is 17.0. The average molecular weight is 420 g/mol. The lowest BCUT2D eigenvalue weighted by molar-refractivity contribution is 0.0923. The number of benzene rings is 2. The van der Waals surface area contributed by atoms with Gasteiger partial charge < -0.3 is 20.6 Å². The number of nitrogens with one attached hydrogen (secondary N) is 1. The Morgan fingerprint density at radius 1 is 1.03 bits per heavy atom. The van der Waals surface area contributed by atoms with Gasteiger partial charge in [-0.05, 0) is 56.0 Å². The summed E-state index contributed by atoms with van der Waals surface area (Å²) < 4.78 is 27.4. The van der Waals surface area contributed by atoms with Crippen molar-refractivity contribution in [3.8, 4) is 17.2 Å². The van der Waals surface area contributed by atoms with E-state index in [2.05, 4.69) is 5.32 Å². The molecule has 0 aromatic heterocycles. The monoisotopic (exact) mass is 420 g/mol. The minimum atomic E-state index is -3.61. The summed E-state index contributed by atoms with van der Waals surface area (Å²) in [4.78, 5) is 12.7. The molecule has 2 aromatic rings. The minimum Gasteiger partial charge on any atom is -0.504 e. The minimum absolute atomic E-state index is 0.00300. The van der Waals surface area contributed by atoms with Crippen molar-refractivity contribution < 1.29 is 28.5 Å². The maximum Gasteiger partial charge on any atom is 0.251 e. The Hall–Kier alpha value is -2.78. The summed E-state index contributed by atoms with van der Waals surface area (Å²) in [6.45, 7) is 4.15. The molecule has 0 saturated carbocycles. The summed E-state index contributed by atoms with van der Waals surface area (Å²) in [7, 11) is -3.61. The molecule has 2 aromatic carbocycles. The van der Waals surface area contributed by atoms with Crippen molar-refractivity contribution in [3.05, 3.63) is 47.0 Å². The molecule has 9 heteroatoms. The van der Waals surface area contributed by atoms with Crippen molar-refractivity contribution in [1.82, 2.24) is 9.62 Å². The predicted molar refractivity (Wildman–Crippen MR) is 107 cm³/mol. The fourth-order valence-electron chi connectivity index (χ4n) is 3.37. The molecule has 1 aliphatic heterocycles. The first kappa shape index (κ1) is 20.9. The van der Waals surface area contributed by atoms with Gasteiger partial charge in [0, 0.05) is 24.7 Å². The number of phenolic OH excluding ortho intramolecular Hbond substituents is 3. The largest absolute Gasteiger partial charge is 0.504 e. The van der Waals surface area contributed by atoms with Crippen LogP contribution in [0, 0.1) is 13.8 Å². The molecule has 156 valence electrons. The molecule has 8 nitrogen and oxygen atoms in total. The first-order chi connectivity index (χ1) is 13.6. The lowest BCUT2D eigenvalue weighted by Crippen LogP contribution is -2.46. The molecule has 1 aliphatic rings. The number of rotatable bonds is 4. The van der Waals surface area contributed by atoms with Gasteiger partial charge in [-0.25, -0.2) is 8.42 Å². The lowest BCUT2D eigenvalue weighted by Gasteiger charge is -2.32. The highest BCUT2D eigenvalue weighted by Gasteiger charge is 2.31. The molecule has 0 atom stereocenters. The summed E-state index contributed by atoms with van der Waals surface area (Å²) >= 11 is 0. The number of carbonyl (C=O) groups is 1. The van der Waals surface area contributed by atoms with Crippen LogP contribution in [-0.4, -0.2) is 53.1 Å². The molecule has 0 aliphatic carbocycles. The number of carbonyl (C=O) groups excluding carboxylic acids is 1. The number of nitrogens with zero attached hydrogens (tertiary/aromatic N) is 1. The van der Waals surface area contributed by atoms with Gasteiger partial charge in [-0.2, -0.15) is 4.31 Å². The van der Waals surface area contributed by atoms with E-state index in [-0.39, 0.29) is 24.7 Å². The van der Waals surface area contributed by atoms with Crippen molar-refractivity contribution in [2.45, 2.75) is 37.6 Å². The number of amides is 1. The quantitative estimate of drug-likeness (QED) is 0.561. The van der Waals surface area contributed by atoms with Crippen LogP contribution in [0.1, 0.15) is 34.3 Å². The first-order valence-electron chi connectivity index (χ1n) is 9.23. The van der Waals surface area contributed by atoms with Gasteiger partial charge in [-0.3, -0.25) is 4.79 Å². The average Bonchev–Trinajstić information content (AvgIpc) is 2.67. The fourth-order valence-corrected chi connectivity index (χ4v) is 5.15. The van der Waals surface area contributed by atoms with Crippen molar-refractivity contribution in [1.29, 1.82) is 0 Å². The van der Waals surface area contributed by atoms with E-state index < -0.39 is 33.2 Å². The smallest absolute Gasteiger partial charge is 0.251 e. The van der Waals surface area contributed by atoms with E-state index in [0.717, 1.165) is 17.7 Å². The van der Waals surface area contributed by atoms with Gasteiger partial charge in [0.25, 0.3) is 5.91 Å². The number of hydrogen-bond acceptors (Lipinski definition) is 6. The van der Waals surface area contributed by atoms with Crippen LogP contribution in [0.4, 0.5) is 0 Å². The lowest BCUT2D eigenvalue weighted by atomic mass is 10.1. The molecule has 1 amide bonds. The molecule has 3 rings (SSSR count). The number of piperidine rings is 1. The second-order valence-corrected chi connectivity index (χ2v) is 9.19. The Balaban J connectivity index is 1.66. The fraction of sp³-hybridized carbons (Fsp3) is 0.350. The molecule has 1 saturated heterocycles. The van der Waals surface area contributed by atoms with Gasteiger partial charge in [-0.15, -0.1) is 0 Å². The Bertz CT molecular complexity index is 1020. The standard InChI is InChI=1S/C20H24N2O6S/c1-12-3-4-13(2)18(9-12)29(27,28)22-7-5-15(6-8-22)21-20(26)14-10-16(23)19(25)17(24)11-14/h3-4,9-11,15,23-25H,5-8H2,1-2H3,(H,21,26). The molecular formula is C20H24N2O6S. The molecule has 1 fully saturated rings. The van der Waals surface area contributed by atoms with Crippen LogP contribution in [0.3, 0.4) is 0 Å². The molecule has 4 N–H and O–H groups in total. The molecule has 0 spiro atoms. The maximum absolute atomic E-state index is 13.0. The van der Waals surface area contributed by atoms with Gasteiger partial charge in [0.1, 0.15) is 0 Å². The van der Waals surface area contributed by atoms with Gasteiger partial charge >= 0.3 is 0 Å². The van der Waals surface area contributed by atoms with Gasteiger partial charge in [0.15, 0.2) is 17.2 Å². The van der Waals surface area contributed by atoms with Crippen LogP contribution in [0.25, 0.3) is 0 Å². The Morgan fingerprint density at radius 3 is 2.21 bits per heavy atom. The van der Waals surface area contributed by atoms with Crippen LogP contribution in [0.15, 0.2) is 35.2 Å².